The van der Waals surface area contributed by atoms with Crippen molar-refractivity contribution in [1.29, 1.82) is 0 Å². The molecule has 1 saturated heterocycles. The highest BCUT2D eigenvalue weighted by molar-refractivity contribution is 7.92. The van der Waals surface area contributed by atoms with E-state index in [0.29, 0.717) is 32.4 Å². The fourth-order valence-corrected chi connectivity index (χ4v) is 4.44. The van der Waals surface area contributed by atoms with Gasteiger partial charge in [-0.2, -0.15) is 13.2 Å². The van der Waals surface area contributed by atoms with Gasteiger partial charge < -0.3 is 15.0 Å². The smallest absolute Gasteiger partial charge is 0.378 e. The minimum absolute atomic E-state index is 0.0132. The molecule has 1 amide bonds. The number of hydrogen-bond donors (Lipinski definition) is 2. The Morgan fingerprint density at radius 1 is 1.11 bits per heavy atom. The molecule has 0 radical (unpaired) electrons. The lowest BCUT2D eigenvalue weighted by atomic mass is 10.2. The van der Waals surface area contributed by atoms with Crippen molar-refractivity contribution in [3.05, 3.63) is 65.1 Å². The van der Waals surface area contributed by atoms with Crippen LogP contribution in [0.5, 0.6) is 0 Å². The summed E-state index contributed by atoms with van der Waals surface area (Å²) in [5.41, 5.74) is -0.435. The van der Waals surface area contributed by atoms with Gasteiger partial charge in [-0.3, -0.25) is 14.1 Å². The van der Waals surface area contributed by atoms with Gasteiger partial charge in [0.1, 0.15) is 11.5 Å². The number of ether oxygens (including phenoxy) is 1. The van der Waals surface area contributed by atoms with Crippen LogP contribution < -0.4 is 14.9 Å². The number of nitrogens with zero attached hydrogens (tertiary/aromatic N) is 3. The molecule has 1 fully saturated rings. The molecule has 2 N–H and O–H groups in total. The summed E-state index contributed by atoms with van der Waals surface area (Å²) >= 11 is 5.99. The van der Waals surface area contributed by atoms with Gasteiger partial charge in [0, 0.05) is 30.0 Å². The van der Waals surface area contributed by atoms with Crippen molar-refractivity contribution < 1.29 is 31.1 Å². The van der Waals surface area contributed by atoms with E-state index in [1.165, 1.54) is 30.5 Å². The molecule has 9 nitrogen and oxygen atoms in total. The molecular formula is C22H21ClF3N5O4S. The highest BCUT2D eigenvalue weighted by Crippen LogP contribution is 2.33. The zero-order chi connectivity index (χ0) is 26.1. The summed E-state index contributed by atoms with van der Waals surface area (Å²) < 4.78 is 72.6. The molecular weight excluding hydrogens is 523 g/mol. The third-order valence-corrected chi connectivity index (χ3v) is 6.01. The lowest BCUT2D eigenvalue weighted by molar-refractivity contribution is -0.142. The van der Waals surface area contributed by atoms with Crippen molar-refractivity contribution >= 4 is 44.6 Å². The van der Waals surface area contributed by atoms with Gasteiger partial charge in [0.05, 0.1) is 42.6 Å². The molecule has 36 heavy (non-hydrogen) atoms. The molecule has 1 aliphatic rings. The number of alkyl halides is 3. The summed E-state index contributed by atoms with van der Waals surface area (Å²) in [6.07, 6.45) is -1.31. The third-order valence-electron chi connectivity index (χ3n) is 5.19. The van der Waals surface area contributed by atoms with Gasteiger partial charge in [0.25, 0.3) is 5.91 Å². The fraction of sp³-hybridized carbons (Fsp3) is 0.273. The summed E-state index contributed by atoms with van der Waals surface area (Å²) in [5.74, 6) is -0.863. The van der Waals surface area contributed by atoms with Crippen LogP contribution in [0.3, 0.4) is 0 Å². The molecule has 0 aliphatic carbocycles. The number of halogens is 4. The van der Waals surface area contributed by atoms with Gasteiger partial charge in [0.15, 0.2) is 0 Å². The van der Waals surface area contributed by atoms with Crippen molar-refractivity contribution in [2.45, 2.75) is 6.18 Å². The average molecular weight is 544 g/mol. The largest absolute Gasteiger partial charge is 0.431 e. The van der Waals surface area contributed by atoms with Gasteiger partial charge in [-0.25, -0.2) is 13.4 Å². The van der Waals surface area contributed by atoms with Crippen LogP contribution in [-0.2, 0) is 20.9 Å². The minimum Gasteiger partial charge on any atom is -0.378 e. The number of morpholine rings is 1. The molecule has 192 valence electrons. The van der Waals surface area contributed by atoms with E-state index >= 15 is 0 Å². The Morgan fingerprint density at radius 3 is 2.42 bits per heavy atom. The maximum Gasteiger partial charge on any atom is 0.431 e. The number of carbonyl (C=O) groups excluding carboxylic acids is 1. The quantitative estimate of drug-likeness (QED) is 0.487. The van der Waals surface area contributed by atoms with Crippen LogP contribution in [0.4, 0.5) is 30.2 Å². The third kappa shape index (κ3) is 6.28. The second-order valence-electron chi connectivity index (χ2n) is 8.01. The van der Waals surface area contributed by atoms with Crippen LogP contribution in [0, 0.1) is 0 Å². The molecule has 3 heterocycles. The SMILES string of the molecule is CS(=O)(=O)Nc1cc(Cl)cc(NC(=O)c2cc(C(F)(F)F)n(-c3ccc(N4CCOCC4)cn3)c2)c1. The second kappa shape index (κ2) is 9.99. The number of benzene rings is 1. The normalized spacial score (nSPS) is 14.5. The van der Waals surface area contributed by atoms with E-state index in [9.17, 15) is 26.4 Å². The van der Waals surface area contributed by atoms with Gasteiger partial charge in [0.2, 0.25) is 10.0 Å². The number of hydrogen-bond acceptors (Lipinski definition) is 6. The highest BCUT2D eigenvalue weighted by Gasteiger charge is 2.36. The first-order valence-electron chi connectivity index (χ1n) is 10.6. The molecule has 2 aromatic heterocycles. The second-order valence-corrected chi connectivity index (χ2v) is 10.2. The van der Waals surface area contributed by atoms with Crippen LogP contribution in [0.25, 0.3) is 5.82 Å². The Bertz CT molecular complexity index is 1370. The van der Waals surface area contributed by atoms with E-state index < -0.39 is 27.8 Å². The molecule has 0 saturated carbocycles. The summed E-state index contributed by atoms with van der Waals surface area (Å²) in [6, 6.07) is 7.77. The molecule has 0 unspecified atom stereocenters. The maximum atomic E-state index is 13.8. The zero-order valence-electron chi connectivity index (χ0n) is 18.8. The lowest BCUT2D eigenvalue weighted by Crippen LogP contribution is -2.36. The number of aromatic nitrogens is 2. The Labute approximate surface area is 209 Å². The number of anilines is 3. The van der Waals surface area contributed by atoms with E-state index in [0.717, 1.165) is 22.7 Å². The van der Waals surface area contributed by atoms with Gasteiger partial charge >= 0.3 is 6.18 Å². The first-order valence-corrected chi connectivity index (χ1v) is 12.8. The molecule has 1 aromatic carbocycles. The van der Waals surface area contributed by atoms with Crippen LogP contribution in [0.1, 0.15) is 16.1 Å². The molecule has 4 rings (SSSR count). The topological polar surface area (TPSA) is 106 Å². The van der Waals surface area contributed by atoms with Gasteiger partial charge in [-0.1, -0.05) is 11.6 Å². The summed E-state index contributed by atoms with van der Waals surface area (Å²) in [4.78, 5) is 19.0. The van der Waals surface area contributed by atoms with Crippen molar-refractivity contribution in [3.8, 4) is 5.82 Å². The van der Waals surface area contributed by atoms with E-state index in [2.05, 4.69) is 15.0 Å². The summed E-state index contributed by atoms with van der Waals surface area (Å²) in [6.45, 7) is 2.39. The number of amides is 1. The Morgan fingerprint density at radius 2 is 1.81 bits per heavy atom. The van der Waals surface area contributed by atoms with E-state index in [4.69, 9.17) is 16.3 Å². The van der Waals surface area contributed by atoms with E-state index in [-0.39, 0.29) is 27.8 Å². The van der Waals surface area contributed by atoms with Crippen molar-refractivity contribution in [2.24, 2.45) is 0 Å². The molecule has 1 aliphatic heterocycles. The Balaban J connectivity index is 1.61. The number of carbonyl (C=O) groups is 1. The molecule has 14 heteroatoms. The number of nitrogens with one attached hydrogen (secondary N) is 2. The predicted molar refractivity (Wildman–Crippen MR) is 129 cm³/mol. The maximum absolute atomic E-state index is 13.8. The average Bonchev–Trinajstić information content (AvgIpc) is 3.25. The van der Waals surface area contributed by atoms with E-state index in [1.807, 2.05) is 4.90 Å². The minimum atomic E-state index is -4.76. The van der Waals surface area contributed by atoms with Crippen LogP contribution in [-0.4, -0.2) is 56.4 Å². The van der Waals surface area contributed by atoms with Crippen LogP contribution in [0.15, 0.2) is 48.8 Å². The Kier molecular flexibility index (Phi) is 7.16. The molecule has 3 aromatic rings. The fourth-order valence-electron chi connectivity index (χ4n) is 3.66. The van der Waals surface area contributed by atoms with Crippen LogP contribution >= 0.6 is 11.6 Å². The van der Waals surface area contributed by atoms with Crippen molar-refractivity contribution in [1.82, 2.24) is 9.55 Å². The summed E-state index contributed by atoms with van der Waals surface area (Å²) in [5, 5.41) is 2.55. The molecule has 0 atom stereocenters. The number of pyridine rings is 1. The number of rotatable bonds is 6. The van der Waals surface area contributed by atoms with Gasteiger partial charge in [-0.05, 0) is 36.4 Å². The monoisotopic (exact) mass is 543 g/mol. The highest BCUT2D eigenvalue weighted by atomic mass is 35.5. The van der Waals surface area contributed by atoms with Gasteiger partial charge in [-0.15, -0.1) is 0 Å². The standard InChI is InChI=1S/C22H21ClF3N5O4S/c1-36(33,34)29-17-10-15(23)9-16(11-17)28-21(32)14-8-19(22(24,25)26)31(13-14)20-3-2-18(12-27-20)30-4-6-35-7-5-30/h2-3,8-13,29H,4-7H2,1H3,(H,28,32). The predicted octanol–water partition coefficient (Wildman–Crippen LogP) is 4.00. The van der Waals surface area contributed by atoms with Crippen LogP contribution in [0.2, 0.25) is 5.02 Å². The summed E-state index contributed by atoms with van der Waals surface area (Å²) in [7, 11) is -3.62. The van der Waals surface area contributed by atoms with Crippen molar-refractivity contribution in [3.63, 3.8) is 0 Å². The number of sulfonamides is 1. The molecule has 0 spiro atoms. The Hall–Kier alpha value is -3.29. The zero-order valence-corrected chi connectivity index (χ0v) is 20.4. The van der Waals surface area contributed by atoms with E-state index in [1.54, 1.807) is 6.07 Å². The van der Waals surface area contributed by atoms with Crippen molar-refractivity contribution in [2.75, 3.05) is 47.5 Å². The molecule has 0 bridgehead atoms. The first kappa shape index (κ1) is 25.8. The first-order chi connectivity index (χ1) is 16.9. The lowest BCUT2D eigenvalue weighted by Gasteiger charge is -2.28.